The van der Waals surface area contributed by atoms with Crippen molar-refractivity contribution < 1.29 is 17.9 Å². The lowest BCUT2D eigenvalue weighted by Crippen LogP contribution is -2.42. The summed E-state index contributed by atoms with van der Waals surface area (Å²) in [6, 6.07) is 2.23. The fourth-order valence-corrected chi connectivity index (χ4v) is 3.68. The zero-order valence-electron chi connectivity index (χ0n) is 10.6. The number of sulfonamides is 1. The Morgan fingerprint density at radius 1 is 1.47 bits per heavy atom. The minimum absolute atomic E-state index is 0.0394. The molecule has 0 spiro atoms. The average molecular weight is 288 g/mol. The molecule has 7 heteroatoms. The van der Waals surface area contributed by atoms with Crippen molar-refractivity contribution in [3.63, 3.8) is 0 Å². The Kier molecular flexibility index (Phi) is 3.80. The number of halogens is 1. The first-order valence-electron chi connectivity index (χ1n) is 6.06. The summed E-state index contributed by atoms with van der Waals surface area (Å²) in [6.07, 6.45) is 0.497. The lowest BCUT2D eigenvalue weighted by atomic mass is 10.1. The number of benzene rings is 1. The van der Waals surface area contributed by atoms with Crippen molar-refractivity contribution in [1.29, 1.82) is 0 Å². The fraction of sp³-hybridized carbons (Fsp3) is 0.500. The van der Waals surface area contributed by atoms with Crippen molar-refractivity contribution in [3.8, 4) is 0 Å². The van der Waals surface area contributed by atoms with Crippen LogP contribution in [0.4, 0.5) is 10.1 Å². The maximum Gasteiger partial charge on any atom is 0.243 e. The molecule has 0 saturated carbocycles. The maximum atomic E-state index is 13.6. The van der Waals surface area contributed by atoms with Crippen LogP contribution in [0.1, 0.15) is 18.4 Å². The molecule has 0 aliphatic carbocycles. The third kappa shape index (κ3) is 2.72. The number of hydrogen-bond donors (Lipinski definition) is 2. The van der Waals surface area contributed by atoms with Gasteiger partial charge in [-0.2, -0.15) is 4.31 Å². The number of aliphatic hydroxyl groups is 1. The Labute approximate surface area is 111 Å². The van der Waals surface area contributed by atoms with E-state index in [0.29, 0.717) is 19.4 Å². The molecule has 5 nitrogen and oxygen atoms in total. The molecule has 1 fully saturated rings. The van der Waals surface area contributed by atoms with E-state index in [0.717, 1.165) is 6.07 Å². The average Bonchev–Trinajstić information content (AvgIpc) is 2.35. The summed E-state index contributed by atoms with van der Waals surface area (Å²) in [6.45, 7) is 1.86. The van der Waals surface area contributed by atoms with Crippen molar-refractivity contribution >= 4 is 15.7 Å². The molecule has 1 aliphatic heterocycles. The molecule has 0 radical (unpaired) electrons. The molecule has 0 aromatic heterocycles. The van der Waals surface area contributed by atoms with Gasteiger partial charge in [0.15, 0.2) is 0 Å². The lowest BCUT2D eigenvalue weighted by molar-refractivity contribution is 0.108. The van der Waals surface area contributed by atoms with E-state index < -0.39 is 21.9 Å². The first-order valence-corrected chi connectivity index (χ1v) is 7.50. The van der Waals surface area contributed by atoms with Gasteiger partial charge in [-0.05, 0) is 31.9 Å². The van der Waals surface area contributed by atoms with E-state index in [2.05, 4.69) is 0 Å². The van der Waals surface area contributed by atoms with Crippen LogP contribution < -0.4 is 5.73 Å². The summed E-state index contributed by atoms with van der Waals surface area (Å²) < 4.78 is 39.5. The van der Waals surface area contributed by atoms with E-state index >= 15 is 0 Å². The van der Waals surface area contributed by atoms with Crippen LogP contribution in [0.5, 0.6) is 0 Å². The zero-order chi connectivity index (χ0) is 14.2. The molecule has 1 heterocycles. The second-order valence-electron chi connectivity index (χ2n) is 4.78. The molecule has 3 N–H and O–H groups in total. The standard InChI is InChI=1S/C12H17FN2O3S/c1-8-11(13)5-10(6-12(8)14)19(17,18)15-4-2-3-9(16)7-15/h5-6,9,16H,2-4,7,14H2,1H3/t9-/m0/s1. The maximum absolute atomic E-state index is 13.6. The smallest absolute Gasteiger partial charge is 0.243 e. The molecule has 1 aromatic carbocycles. The molecule has 0 unspecified atom stereocenters. The van der Waals surface area contributed by atoms with Gasteiger partial charge in [0, 0.05) is 24.3 Å². The van der Waals surface area contributed by atoms with Crippen LogP contribution in [-0.4, -0.2) is 37.0 Å². The van der Waals surface area contributed by atoms with Crippen LogP contribution in [-0.2, 0) is 10.0 Å². The van der Waals surface area contributed by atoms with Gasteiger partial charge in [-0.25, -0.2) is 12.8 Å². The van der Waals surface area contributed by atoms with Crippen molar-refractivity contribution in [2.24, 2.45) is 0 Å². The van der Waals surface area contributed by atoms with Gasteiger partial charge in [0.05, 0.1) is 11.0 Å². The highest BCUT2D eigenvalue weighted by Crippen LogP contribution is 2.25. The van der Waals surface area contributed by atoms with Crippen molar-refractivity contribution in [3.05, 3.63) is 23.5 Å². The molecule has 0 amide bonds. The minimum atomic E-state index is -3.80. The van der Waals surface area contributed by atoms with Crippen LogP contribution in [0.15, 0.2) is 17.0 Å². The van der Waals surface area contributed by atoms with Gasteiger partial charge in [0.1, 0.15) is 5.82 Å². The van der Waals surface area contributed by atoms with Gasteiger partial charge in [-0.3, -0.25) is 0 Å². The first kappa shape index (κ1) is 14.2. The van der Waals surface area contributed by atoms with Crippen LogP contribution in [0.25, 0.3) is 0 Å². The summed E-state index contributed by atoms with van der Waals surface area (Å²) in [5.74, 6) is -0.642. The van der Waals surface area contributed by atoms with Gasteiger partial charge in [0.2, 0.25) is 10.0 Å². The quantitative estimate of drug-likeness (QED) is 0.791. The number of anilines is 1. The van der Waals surface area contributed by atoms with Crippen LogP contribution >= 0.6 is 0 Å². The van der Waals surface area contributed by atoms with E-state index in [1.54, 1.807) is 0 Å². The van der Waals surface area contributed by atoms with E-state index in [-0.39, 0.29) is 22.7 Å². The molecule has 106 valence electrons. The molecule has 1 aliphatic rings. The Morgan fingerprint density at radius 2 is 2.16 bits per heavy atom. The van der Waals surface area contributed by atoms with Crippen molar-refractivity contribution in [2.75, 3.05) is 18.8 Å². The van der Waals surface area contributed by atoms with Crippen LogP contribution in [0.3, 0.4) is 0 Å². The minimum Gasteiger partial charge on any atom is -0.398 e. The van der Waals surface area contributed by atoms with E-state index in [1.165, 1.54) is 17.3 Å². The van der Waals surface area contributed by atoms with Crippen LogP contribution in [0.2, 0.25) is 0 Å². The van der Waals surface area contributed by atoms with E-state index in [1.807, 2.05) is 0 Å². The summed E-state index contributed by atoms with van der Waals surface area (Å²) in [5, 5.41) is 9.54. The summed E-state index contributed by atoms with van der Waals surface area (Å²) in [7, 11) is -3.80. The molecule has 2 rings (SSSR count). The molecular weight excluding hydrogens is 271 g/mol. The SMILES string of the molecule is Cc1c(N)cc(S(=O)(=O)N2CCC[C@H](O)C2)cc1F. The molecule has 1 atom stereocenters. The Morgan fingerprint density at radius 3 is 2.74 bits per heavy atom. The highest BCUT2D eigenvalue weighted by Gasteiger charge is 2.30. The summed E-state index contributed by atoms with van der Waals surface area (Å²) >= 11 is 0. The number of hydrogen-bond acceptors (Lipinski definition) is 4. The third-order valence-corrected chi connectivity index (χ3v) is 5.20. The number of nitrogens with zero attached hydrogens (tertiary/aromatic N) is 1. The topological polar surface area (TPSA) is 83.6 Å². The molecule has 1 saturated heterocycles. The van der Waals surface area contributed by atoms with Gasteiger partial charge in [0.25, 0.3) is 0 Å². The Hall–Kier alpha value is -1.18. The number of rotatable bonds is 2. The van der Waals surface area contributed by atoms with Gasteiger partial charge in [-0.15, -0.1) is 0 Å². The highest BCUT2D eigenvalue weighted by molar-refractivity contribution is 7.89. The monoisotopic (exact) mass is 288 g/mol. The highest BCUT2D eigenvalue weighted by atomic mass is 32.2. The molecular formula is C12H17FN2O3S. The summed E-state index contributed by atoms with van der Waals surface area (Å²) in [5.41, 5.74) is 5.94. The van der Waals surface area contributed by atoms with Gasteiger partial charge in [-0.1, -0.05) is 0 Å². The fourth-order valence-electron chi connectivity index (χ4n) is 2.11. The normalized spacial score (nSPS) is 21.5. The second-order valence-corrected chi connectivity index (χ2v) is 6.72. The largest absolute Gasteiger partial charge is 0.398 e. The first-order chi connectivity index (χ1) is 8.82. The van der Waals surface area contributed by atoms with Crippen molar-refractivity contribution in [2.45, 2.75) is 30.8 Å². The molecule has 0 bridgehead atoms. The summed E-state index contributed by atoms with van der Waals surface area (Å²) in [4.78, 5) is -0.165. The number of β-amino-alcohol motifs (C(OH)–C–C–N with tert-alkyl or cyclic N) is 1. The predicted octanol–water partition coefficient (Wildman–Crippen LogP) is 0.862. The van der Waals surface area contributed by atoms with Crippen LogP contribution in [0, 0.1) is 12.7 Å². The number of nitrogens with two attached hydrogens (primary N) is 1. The molecule has 19 heavy (non-hydrogen) atoms. The number of piperidine rings is 1. The zero-order valence-corrected chi connectivity index (χ0v) is 11.5. The third-order valence-electron chi connectivity index (χ3n) is 3.36. The Balaban J connectivity index is 2.39. The predicted molar refractivity (Wildman–Crippen MR) is 69.5 cm³/mol. The number of nitrogen functional groups attached to an aromatic ring is 1. The van der Waals surface area contributed by atoms with E-state index in [4.69, 9.17) is 5.73 Å². The van der Waals surface area contributed by atoms with Gasteiger partial charge < -0.3 is 10.8 Å². The lowest BCUT2D eigenvalue weighted by Gasteiger charge is -2.29. The Bertz CT molecular complexity index is 566. The van der Waals surface area contributed by atoms with E-state index in [9.17, 15) is 17.9 Å². The van der Waals surface area contributed by atoms with Gasteiger partial charge >= 0.3 is 0 Å². The second kappa shape index (κ2) is 5.07. The molecule has 1 aromatic rings. The van der Waals surface area contributed by atoms with Crippen molar-refractivity contribution in [1.82, 2.24) is 4.31 Å². The number of aliphatic hydroxyl groups excluding tert-OH is 1.